The van der Waals surface area contributed by atoms with Gasteiger partial charge in [0.05, 0.1) is 6.61 Å². The Bertz CT molecular complexity index is 382. The number of carbonyl (C=O) groups is 1. The molecular weight excluding hydrogens is 258 g/mol. The summed E-state index contributed by atoms with van der Waals surface area (Å²) < 4.78 is 5.20. The maximum absolute atomic E-state index is 10.5. The van der Waals surface area contributed by atoms with Gasteiger partial charge >= 0.3 is 5.97 Å². The molecule has 0 amide bonds. The van der Waals surface area contributed by atoms with E-state index in [1.165, 1.54) is 6.92 Å². The molecular formula is C12H18ClNO4. The highest BCUT2D eigenvalue weighted by Gasteiger charge is 2.13. The van der Waals surface area contributed by atoms with Gasteiger partial charge in [0.1, 0.15) is 5.75 Å². The van der Waals surface area contributed by atoms with E-state index in [2.05, 4.69) is 0 Å². The number of halogens is 1. The number of rotatable bonds is 4. The molecule has 0 aromatic heterocycles. The Balaban J connectivity index is 0.000000631. The zero-order valence-corrected chi connectivity index (χ0v) is 11.1. The first-order valence-electron chi connectivity index (χ1n) is 5.39. The van der Waals surface area contributed by atoms with Gasteiger partial charge in [-0.3, -0.25) is 0 Å². The van der Waals surface area contributed by atoms with Gasteiger partial charge in [-0.05, 0) is 37.6 Å². The summed E-state index contributed by atoms with van der Waals surface area (Å²) in [4.78, 5) is 10.5. The molecule has 1 aromatic carbocycles. The number of carboxylic acid groups (broad SMARTS) is 1. The Morgan fingerprint density at radius 2 is 2.11 bits per heavy atom. The molecule has 102 valence electrons. The third-order valence-electron chi connectivity index (χ3n) is 1.92. The predicted octanol–water partition coefficient (Wildman–Crippen LogP) is 1.44. The minimum atomic E-state index is -0.987. The molecule has 4 N–H and O–H groups in total. The molecule has 0 aliphatic carbocycles. The van der Waals surface area contributed by atoms with Crippen LogP contribution in [0.25, 0.3) is 0 Å². The largest absolute Gasteiger partial charge is 0.479 e. The van der Waals surface area contributed by atoms with E-state index < -0.39 is 12.1 Å². The average molecular weight is 276 g/mol. The molecule has 0 bridgehead atoms. The van der Waals surface area contributed by atoms with E-state index in [4.69, 9.17) is 32.3 Å². The quantitative estimate of drug-likeness (QED) is 0.773. The van der Waals surface area contributed by atoms with Crippen molar-refractivity contribution >= 4 is 17.6 Å². The predicted molar refractivity (Wildman–Crippen MR) is 70.1 cm³/mol. The highest BCUT2D eigenvalue weighted by atomic mass is 35.5. The Morgan fingerprint density at radius 1 is 1.56 bits per heavy atom. The Kier molecular flexibility index (Phi) is 8.11. The van der Waals surface area contributed by atoms with E-state index in [1.54, 1.807) is 18.2 Å². The molecule has 0 radical (unpaired) electrons. The molecule has 0 saturated heterocycles. The molecule has 1 aromatic rings. The molecule has 0 saturated carbocycles. The summed E-state index contributed by atoms with van der Waals surface area (Å²) in [5.41, 5.74) is 5.60. The number of benzene rings is 1. The van der Waals surface area contributed by atoms with Crippen LogP contribution in [0.15, 0.2) is 18.2 Å². The van der Waals surface area contributed by atoms with Gasteiger partial charge in [0.15, 0.2) is 6.10 Å². The van der Waals surface area contributed by atoms with Crippen molar-refractivity contribution in [2.45, 2.75) is 20.0 Å². The number of hydrogen-bond acceptors (Lipinski definition) is 4. The van der Waals surface area contributed by atoms with Gasteiger partial charge in [-0.25, -0.2) is 4.79 Å². The first-order chi connectivity index (χ1) is 8.42. The van der Waals surface area contributed by atoms with Crippen LogP contribution in [0, 0.1) is 6.92 Å². The molecule has 0 aliphatic rings. The summed E-state index contributed by atoms with van der Waals surface area (Å²) in [6, 6.07) is 5.06. The van der Waals surface area contributed by atoms with E-state index in [-0.39, 0.29) is 6.61 Å². The zero-order chi connectivity index (χ0) is 14.1. The zero-order valence-electron chi connectivity index (χ0n) is 10.4. The van der Waals surface area contributed by atoms with Crippen molar-refractivity contribution in [3.8, 4) is 5.75 Å². The van der Waals surface area contributed by atoms with Gasteiger partial charge in [0, 0.05) is 11.6 Å². The molecule has 1 unspecified atom stereocenters. The second-order valence-corrected chi connectivity index (χ2v) is 3.96. The number of aliphatic carboxylic acids is 1. The minimum absolute atomic E-state index is 0.0972. The highest BCUT2D eigenvalue weighted by Crippen LogP contribution is 2.22. The van der Waals surface area contributed by atoms with Gasteiger partial charge in [0.25, 0.3) is 0 Å². The lowest BCUT2D eigenvalue weighted by Gasteiger charge is -2.12. The van der Waals surface area contributed by atoms with E-state index >= 15 is 0 Å². The molecule has 1 rings (SSSR count). The lowest BCUT2D eigenvalue weighted by molar-refractivity contribution is -0.144. The highest BCUT2D eigenvalue weighted by molar-refractivity contribution is 6.30. The maximum Gasteiger partial charge on any atom is 0.344 e. The van der Waals surface area contributed by atoms with Crippen LogP contribution in [-0.2, 0) is 4.79 Å². The van der Waals surface area contributed by atoms with E-state index in [1.807, 2.05) is 6.92 Å². The van der Waals surface area contributed by atoms with Gasteiger partial charge in [0.2, 0.25) is 0 Å². The standard InChI is InChI=1S/C10H11ClO3.C2H7NO/c1-6-5-8(11)3-4-9(6)14-7(2)10(12)13;3-1-2-4/h3-5,7H,1-2H3,(H,12,13);4H,1-3H2. The van der Waals surface area contributed by atoms with Crippen LogP contribution in [0.5, 0.6) is 5.75 Å². The summed E-state index contributed by atoms with van der Waals surface area (Å²) in [7, 11) is 0. The van der Waals surface area contributed by atoms with Gasteiger partial charge in [-0.2, -0.15) is 0 Å². The molecule has 18 heavy (non-hydrogen) atoms. The lowest BCUT2D eigenvalue weighted by atomic mass is 10.2. The summed E-state index contributed by atoms with van der Waals surface area (Å²) in [5, 5.41) is 17.0. The fraction of sp³-hybridized carbons (Fsp3) is 0.417. The summed E-state index contributed by atoms with van der Waals surface area (Å²) in [6.45, 7) is 3.77. The first kappa shape index (κ1) is 16.7. The molecule has 5 nitrogen and oxygen atoms in total. The second-order valence-electron chi connectivity index (χ2n) is 3.52. The number of aliphatic hydroxyl groups excluding tert-OH is 1. The number of ether oxygens (including phenoxy) is 1. The van der Waals surface area contributed by atoms with Crippen LogP contribution in [0.1, 0.15) is 12.5 Å². The molecule has 0 aliphatic heterocycles. The number of carboxylic acids is 1. The third-order valence-corrected chi connectivity index (χ3v) is 2.15. The Morgan fingerprint density at radius 3 is 2.50 bits per heavy atom. The van der Waals surface area contributed by atoms with Crippen molar-refractivity contribution in [1.82, 2.24) is 0 Å². The fourth-order valence-corrected chi connectivity index (χ4v) is 1.21. The van der Waals surface area contributed by atoms with Gasteiger partial charge in [-0.1, -0.05) is 11.6 Å². The van der Waals surface area contributed by atoms with Crippen molar-refractivity contribution in [2.24, 2.45) is 5.73 Å². The molecule has 0 spiro atoms. The van der Waals surface area contributed by atoms with Crippen molar-refractivity contribution in [3.05, 3.63) is 28.8 Å². The van der Waals surface area contributed by atoms with Crippen molar-refractivity contribution in [2.75, 3.05) is 13.2 Å². The third kappa shape index (κ3) is 6.44. The van der Waals surface area contributed by atoms with Crippen LogP contribution >= 0.6 is 11.6 Å². The molecule has 0 heterocycles. The topological polar surface area (TPSA) is 92.8 Å². The van der Waals surface area contributed by atoms with Crippen LogP contribution in [0.4, 0.5) is 0 Å². The Hall–Kier alpha value is -1.30. The second kappa shape index (κ2) is 8.74. The molecule has 6 heteroatoms. The maximum atomic E-state index is 10.5. The fourth-order valence-electron chi connectivity index (χ4n) is 0.986. The summed E-state index contributed by atoms with van der Waals surface area (Å²) in [5.74, 6) is -0.441. The van der Waals surface area contributed by atoms with Crippen LogP contribution in [0.3, 0.4) is 0 Å². The van der Waals surface area contributed by atoms with Crippen LogP contribution in [-0.4, -0.2) is 35.4 Å². The van der Waals surface area contributed by atoms with Crippen molar-refractivity contribution in [3.63, 3.8) is 0 Å². The van der Waals surface area contributed by atoms with Crippen LogP contribution < -0.4 is 10.5 Å². The smallest absolute Gasteiger partial charge is 0.344 e. The number of nitrogens with two attached hydrogens (primary N) is 1. The summed E-state index contributed by atoms with van der Waals surface area (Å²) in [6.07, 6.45) is -0.852. The SMILES string of the molecule is Cc1cc(Cl)ccc1OC(C)C(=O)O.NCCO. The number of aliphatic hydroxyl groups is 1. The minimum Gasteiger partial charge on any atom is -0.479 e. The average Bonchev–Trinajstić information content (AvgIpc) is 2.32. The van der Waals surface area contributed by atoms with Crippen molar-refractivity contribution in [1.29, 1.82) is 0 Å². The first-order valence-corrected chi connectivity index (χ1v) is 5.76. The van der Waals surface area contributed by atoms with Crippen molar-refractivity contribution < 1.29 is 19.7 Å². The monoisotopic (exact) mass is 275 g/mol. The van der Waals surface area contributed by atoms with E-state index in [0.29, 0.717) is 17.3 Å². The molecule has 0 fully saturated rings. The van der Waals surface area contributed by atoms with E-state index in [0.717, 1.165) is 5.56 Å². The normalized spacial score (nSPS) is 11.2. The number of aryl methyl sites for hydroxylation is 1. The molecule has 1 atom stereocenters. The van der Waals surface area contributed by atoms with Gasteiger partial charge < -0.3 is 20.7 Å². The van der Waals surface area contributed by atoms with Crippen LogP contribution in [0.2, 0.25) is 5.02 Å². The lowest BCUT2D eigenvalue weighted by Crippen LogP contribution is -2.23. The number of hydrogen-bond donors (Lipinski definition) is 3. The Labute approximate surface area is 111 Å². The van der Waals surface area contributed by atoms with Gasteiger partial charge in [-0.15, -0.1) is 0 Å². The van der Waals surface area contributed by atoms with E-state index in [9.17, 15) is 4.79 Å². The summed E-state index contributed by atoms with van der Waals surface area (Å²) >= 11 is 5.74.